The van der Waals surface area contributed by atoms with Gasteiger partial charge in [0.1, 0.15) is 12.6 Å². The number of nitrogens with one attached hydrogen (secondary N) is 2. The van der Waals surface area contributed by atoms with Gasteiger partial charge in [-0.3, -0.25) is 14.4 Å². The minimum absolute atomic E-state index is 0.0430. The number of halogens is 2. The lowest BCUT2D eigenvalue weighted by molar-refractivity contribution is -0.125. The second-order valence-corrected chi connectivity index (χ2v) is 9.41. The summed E-state index contributed by atoms with van der Waals surface area (Å²) in [5, 5.41) is 4.63. The Morgan fingerprint density at radius 3 is 2.54 bits per heavy atom. The molecule has 2 aromatic rings. The minimum atomic E-state index is -1.47. The zero-order valence-electron chi connectivity index (χ0n) is 19.0. The topological polar surface area (TPSA) is 117 Å². The Hall–Kier alpha value is -3.22. The number of thiophene rings is 1. The predicted octanol–water partition coefficient (Wildman–Crippen LogP) is 2.92. The number of carbonyl (C=O) groups excluding carboxylic acids is 4. The van der Waals surface area contributed by atoms with E-state index in [1.165, 1.54) is 35.2 Å². The van der Waals surface area contributed by atoms with Gasteiger partial charge in [0.2, 0.25) is 0 Å². The maximum atomic E-state index is 15.1. The van der Waals surface area contributed by atoms with Crippen molar-refractivity contribution in [3.05, 3.63) is 45.6 Å². The zero-order valence-corrected chi connectivity index (χ0v) is 20.5. The van der Waals surface area contributed by atoms with Crippen LogP contribution in [0, 0.1) is 0 Å². The number of anilines is 2. The van der Waals surface area contributed by atoms with Crippen LogP contribution in [0.2, 0.25) is 4.34 Å². The van der Waals surface area contributed by atoms with Gasteiger partial charge in [-0.25, -0.2) is 4.79 Å². The second kappa shape index (κ2) is 12.0. The van der Waals surface area contributed by atoms with Gasteiger partial charge >= 0.3 is 6.09 Å². The predicted molar refractivity (Wildman–Crippen MR) is 128 cm³/mol. The highest BCUT2D eigenvalue weighted by molar-refractivity contribution is 7.18. The van der Waals surface area contributed by atoms with Crippen molar-refractivity contribution in [3.63, 3.8) is 0 Å². The average molecular weight is 527 g/mol. The lowest BCUT2D eigenvalue weighted by atomic mass is 10.2. The molecule has 10 nitrogen and oxygen atoms in total. The Balaban J connectivity index is 1.71. The van der Waals surface area contributed by atoms with Crippen LogP contribution in [0.3, 0.4) is 0 Å². The molecule has 13 heteroatoms. The molecule has 0 spiro atoms. The third-order valence-electron chi connectivity index (χ3n) is 4.76. The molecule has 0 radical (unpaired) electrons. The summed E-state index contributed by atoms with van der Waals surface area (Å²) in [4.78, 5) is 51.1. The number of alkyl carbamates (subject to hydrolysis) is 1. The van der Waals surface area contributed by atoms with Crippen LogP contribution in [0.15, 0.2) is 36.4 Å². The van der Waals surface area contributed by atoms with E-state index in [1.54, 1.807) is 19.9 Å². The van der Waals surface area contributed by atoms with Crippen molar-refractivity contribution in [3.8, 4) is 0 Å². The van der Waals surface area contributed by atoms with Crippen molar-refractivity contribution in [2.75, 3.05) is 36.3 Å². The van der Waals surface area contributed by atoms with Crippen LogP contribution in [0.4, 0.5) is 20.7 Å². The molecule has 1 aromatic carbocycles. The van der Waals surface area contributed by atoms with Gasteiger partial charge in [-0.1, -0.05) is 16.1 Å². The second-order valence-electron chi connectivity index (χ2n) is 7.70. The van der Waals surface area contributed by atoms with Gasteiger partial charge in [-0.15, -0.1) is 16.5 Å². The number of hydrogen-bond donors (Lipinski definition) is 2. The summed E-state index contributed by atoms with van der Waals surface area (Å²) in [7, 11) is 0. The van der Waals surface area contributed by atoms with E-state index in [9.17, 15) is 19.2 Å². The fourth-order valence-electron chi connectivity index (χ4n) is 3.13. The third-order valence-corrected chi connectivity index (χ3v) is 5.99. The largest absolute Gasteiger partial charge is 0.447 e. The molecule has 1 aliphatic rings. The molecular formula is C22H24ClFN4O6S. The maximum absolute atomic E-state index is 15.1. The van der Waals surface area contributed by atoms with Crippen LogP contribution in [0.25, 0.3) is 0 Å². The molecule has 1 aromatic heterocycles. The van der Waals surface area contributed by atoms with Crippen molar-refractivity contribution in [1.29, 1.82) is 0 Å². The van der Waals surface area contributed by atoms with Crippen LogP contribution < -0.4 is 20.7 Å². The summed E-state index contributed by atoms with van der Waals surface area (Å²) in [6, 6.07) is 7.22. The highest BCUT2D eigenvalue weighted by Gasteiger charge is 2.29. The molecule has 188 valence electrons. The first-order chi connectivity index (χ1) is 16.7. The fourth-order valence-corrected chi connectivity index (χ4v) is 4.09. The Bertz CT molecular complexity index is 1080. The van der Waals surface area contributed by atoms with Crippen LogP contribution in [0.1, 0.15) is 23.5 Å². The van der Waals surface area contributed by atoms with Gasteiger partial charge in [0, 0.05) is 18.8 Å². The first kappa shape index (κ1) is 26.4. The molecule has 4 amide bonds. The van der Waals surface area contributed by atoms with Gasteiger partial charge in [-0.2, -0.15) is 0 Å². The molecular weight excluding hydrogens is 503 g/mol. The van der Waals surface area contributed by atoms with E-state index in [0.717, 1.165) is 11.3 Å². The molecule has 0 aliphatic carbocycles. The van der Waals surface area contributed by atoms with Crippen LogP contribution >= 0.6 is 22.9 Å². The van der Waals surface area contributed by atoms with E-state index in [2.05, 4.69) is 10.6 Å². The zero-order chi connectivity index (χ0) is 25.5. The van der Waals surface area contributed by atoms with Gasteiger partial charge in [-0.05, 0) is 50.2 Å². The third kappa shape index (κ3) is 7.13. The summed E-state index contributed by atoms with van der Waals surface area (Å²) in [5.74, 6) is -1.90. The number of morpholine rings is 1. The van der Waals surface area contributed by atoms with E-state index in [-0.39, 0.29) is 28.2 Å². The van der Waals surface area contributed by atoms with Crippen LogP contribution in [0.5, 0.6) is 0 Å². The molecule has 1 saturated heterocycles. The number of ether oxygens (including phenoxy) is 2. The van der Waals surface area contributed by atoms with Crippen molar-refractivity contribution >= 4 is 58.1 Å². The summed E-state index contributed by atoms with van der Waals surface area (Å²) >= 11 is 6.87. The maximum Gasteiger partial charge on any atom is 0.408 e. The number of rotatable bonds is 8. The fraction of sp³-hybridized carbons (Fsp3) is 0.364. The van der Waals surface area contributed by atoms with Gasteiger partial charge in [0.05, 0.1) is 27.6 Å². The lowest BCUT2D eigenvalue weighted by Gasteiger charge is -2.27. The molecule has 1 aliphatic heterocycles. The SMILES string of the molecule is CC(C)OC(=O)N[C@@H](CNC(=O)c1ccc(Cl)s1)C(=O)N(F)c1ccc(N2CCOCC2=O)cc1. The van der Waals surface area contributed by atoms with Gasteiger partial charge < -0.3 is 25.0 Å². The molecule has 2 heterocycles. The smallest absolute Gasteiger partial charge is 0.408 e. The number of carbonyl (C=O) groups is 4. The highest BCUT2D eigenvalue weighted by Crippen LogP contribution is 2.23. The molecule has 0 bridgehead atoms. The van der Waals surface area contributed by atoms with Crippen molar-refractivity contribution in [2.24, 2.45) is 0 Å². The molecule has 1 atom stereocenters. The molecule has 3 rings (SSSR count). The number of nitrogens with zero attached hydrogens (tertiary/aromatic N) is 2. The van der Waals surface area contributed by atoms with Gasteiger partial charge in [0.25, 0.3) is 17.7 Å². The van der Waals surface area contributed by atoms with E-state index < -0.39 is 36.6 Å². The van der Waals surface area contributed by atoms with E-state index in [4.69, 9.17) is 21.1 Å². The summed E-state index contributed by atoms with van der Waals surface area (Å²) in [5.41, 5.74) is 0.403. The Kier molecular flexibility index (Phi) is 9.01. The number of amides is 4. The Labute approximate surface area is 209 Å². The van der Waals surface area contributed by atoms with Crippen molar-refractivity contribution < 1.29 is 33.1 Å². The van der Waals surface area contributed by atoms with E-state index in [1.807, 2.05) is 0 Å². The summed E-state index contributed by atoms with van der Waals surface area (Å²) in [6.45, 7) is 3.52. The highest BCUT2D eigenvalue weighted by atomic mass is 35.5. The number of hydrogen-bond acceptors (Lipinski definition) is 7. The van der Waals surface area contributed by atoms with Crippen molar-refractivity contribution in [2.45, 2.75) is 26.0 Å². The molecule has 0 saturated carbocycles. The minimum Gasteiger partial charge on any atom is -0.447 e. The molecule has 1 fully saturated rings. The lowest BCUT2D eigenvalue weighted by Crippen LogP contribution is -2.52. The Morgan fingerprint density at radius 1 is 1.23 bits per heavy atom. The quantitative estimate of drug-likeness (QED) is 0.511. The van der Waals surface area contributed by atoms with Crippen LogP contribution in [-0.4, -0.2) is 62.3 Å². The van der Waals surface area contributed by atoms with Gasteiger partial charge in [0.15, 0.2) is 0 Å². The summed E-state index contributed by atoms with van der Waals surface area (Å²) in [6.07, 6.45) is -1.42. The monoisotopic (exact) mass is 526 g/mol. The van der Waals surface area contributed by atoms with E-state index in [0.29, 0.717) is 23.2 Å². The molecule has 35 heavy (non-hydrogen) atoms. The van der Waals surface area contributed by atoms with E-state index >= 15 is 4.48 Å². The van der Waals surface area contributed by atoms with Crippen molar-refractivity contribution in [1.82, 2.24) is 10.6 Å². The normalized spacial score (nSPS) is 14.4. The first-order valence-corrected chi connectivity index (χ1v) is 11.8. The van der Waals surface area contributed by atoms with Crippen LogP contribution in [-0.2, 0) is 19.1 Å². The molecule has 2 N–H and O–H groups in total. The summed E-state index contributed by atoms with van der Waals surface area (Å²) < 4.78 is 25.5. The standard InChI is InChI=1S/C22H24ClFN4O6S/c1-13(2)34-22(32)26-16(11-25-20(30)17-7-8-18(23)35-17)21(31)28(24)15-5-3-14(4-6-15)27-9-10-33-12-19(27)29/h3-8,13,16H,9-12H2,1-2H3,(H,25,30)(H,26,32)/t16-/m0/s1. The first-order valence-electron chi connectivity index (χ1n) is 10.6. The average Bonchev–Trinajstić information content (AvgIpc) is 3.27. The Morgan fingerprint density at radius 2 is 1.94 bits per heavy atom. The molecule has 0 unspecified atom stereocenters. The number of benzene rings is 1.